The molecule has 1 aliphatic rings. The number of hydrogen-bond donors (Lipinski definition) is 1. The highest BCUT2D eigenvalue weighted by atomic mass is 35.5. The number of halogens is 1. The Bertz CT molecular complexity index is 345. The van der Waals surface area contributed by atoms with Crippen molar-refractivity contribution in [3.05, 3.63) is 60.7 Å². The summed E-state index contributed by atoms with van der Waals surface area (Å²) >= 11 is 0. The molecule has 16 heavy (non-hydrogen) atoms. The van der Waals surface area contributed by atoms with Crippen molar-refractivity contribution < 1.29 is 0 Å². The van der Waals surface area contributed by atoms with Crippen molar-refractivity contribution in [2.24, 2.45) is 0 Å². The van der Waals surface area contributed by atoms with Crippen LogP contribution in [0.5, 0.6) is 0 Å². The molecule has 86 valence electrons. The van der Waals surface area contributed by atoms with E-state index in [4.69, 9.17) is 0 Å². The van der Waals surface area contributed by atoms with Crippen LogP contribution in [0.25, 0.3) is 0 Å². The Hall–Kier alpha value is -1.05. The molecule has 0 aromatic heterocycles. The molecule has 0 bridgehead atoms. The summed E-state index contributed by atoms with van der Waals surface area (Å²) in [5.74, 6) is 0. The van der Waals surface area contributed by atoms with E-state index in [9.17, 15) is 0 Å². The van der Waals surface area contributed by atoms with Gasteiger partial charge in [0.15, 0.2) is 0 Å². The maximum absolute atomic E-state index is 3.79. The van der Waals surface area contributed by atoms with Gasteiger partial charge in [0, 0.05) is 6.04 Å². The van der Waals surface area contributed by atoms with Crippen molar-refractivity contribution in [2.75, 3.05) is 0 Å². The van der Waals surface area contributed by atoms with Gasteiger partial charge in [0.05, 0.1) is 6.04 Å². The Labute approximate surface area is 104 Å². The minimum absolute atomic E-state index is 0. The van der Waals surface area contributed by atoms with Crippen LogP contribution in [0.15, 0.2) is 55.1 Å². The van der Waals surface area contributed by atoms with E-state index < -0.39 is 0 Å². The van der Waals surface area contributed by atoms with E-state index >= 15 is 0 Å². The second-order valence-corrected chi connectivity index (χ2v) is 3.94. The van der Waals surface area contributed by atoms with E-state index in [1.807, 2.05) is 6.08 Å². The molecule has 1 nitrogen and oxygen atoms in total. The highest BCUT2D eigenvalue weighted by Crippen LogP contribution is 2.20. The van der Waals surface area contributed by atoms with Gasteiger partial charge in [-0.3, -0.25) is 0 Å². The van der Waals surface area contributed by atoms with Gasteiger partial charge >= 0.3 is 0 Å². The van der Waals surface area contributed by atoms with Gasteiger partial charge in [-0.05, 0) is 18.4 Å². The molecule has 0 saturated heterocycles. The molecule has 1 aromatic carbocycles. The van der Waals surface area contributed by atoms with Crippen LogP contribution in [0, 0.1) is 0 Å². The summed E-state index contributed by atoms with van der Waals surface area (Å²) in [5.41, 5.74) is 1.34. The van der Waals surface area contributed by atoms with Crippen LogP contribution in [0.2, 0.25) is 0 Å². The van der Waals surface area contributed by atoms with E-state index in [0.29, 0.717) is 12.1 Å². The molecular weight excluding hydrogens is 218 g/mol. The summed E-state index contributed by atoms with van der Waals surface area (Å²) in [6, 6.07) is 11.5. The normalized spacial score (nSPS) is 23.5. The predicted octanol–water partition coefficient (Wildman–Crippen LogP) is 3.64. The predicted molar refractivity (Wildman–Crippen MR) is 71.9 cm³/mol. The van der Waals surface area contributed by atoms with Crippen molar-refractivity contribution >= 4 is 12.4 Å². The van der Waals surface area contributed by atoms with E-state index in [-0.39, 0.29) is 12.4 Å². The van der Waals surface area contributed by atoms with Crippen LogP contribution in [-0.4, -0.2) is 6.04 Å². The van der Waals surface area contributed by atoms with Gasteiger partial charge in [-0.15, -0.1) is 19.0 Å². The molecule has 0 spiro atoms. The quantitative estimate of drug-likeness (QED) is 0.789. The molecule has 0 saturated carbocycles. The molecule has 2 rings (SSSR count). The Morgan fingerprint density at radius 3 is 2.75 bits per heavy atom. The SMILES string of the molecule is C=CCC1CC=CC(c2ccccc2)N1.Cl. The summed E-state index contributed by atoms with van der Waals surface area (Å²) in [5, 5.41) is 3.61. The summed E-state index contributed by atoms with van der Waals surface area (Å²) in [6.07, 6.45) is 8.64. The molecule has 1 aromatic rings. The lowest BCUT2D eigenvalue weighted by Gasteiger charge is -2.26. The zero-order valence-electron chi connectivity index (χ0n) is 9.30. The van der Waals surface area contributed by atoms with E-state index in [0.717, 1.165) is 12.8 Å². The first-order chi connectivity index (χ1) is 7.40. The number of hydrogen-bond acceptors (Lipinski definition) is 1. The molecule has 1 heterocycles. The van der Waals surface area contributed by atoms with Gasteiger partial charge in [-0.1, -0.05) is 48.6 Å². The van der Waals surface area contributed by atoms with E-state index in [1.165, 1.54) is 5.56 Å². The largest absolute Gasteiger partial charge is 0.303 e. The Kier molecular flexibility index (Phi) is 5.30. The molecule has 0 radical (unpaired) electrons. The van der Waals surface area contributed by atoms with Crippen molar-refractivity contribution in [3.8, 4) is 0 Å². The maximum atomic E-state index is 3.79. The smallest absolute Gasteiger partial charge is 0.0508 e. The van der Waals surface area contributed by atoms with Crippen molar-refractivity contribution in [1.82, 2.24) is 5.32 Å². The summed E-state index contributed by atoms with van der Waals surface area (Å²) in [7, 11) is 0. The van der Waals surface area contributed by atoms with E-state index in [2.05, 4.69) is 54.4 Å². The number of benzene rings is 1. The lowest BCUT2D eigenvalue weighted by atomic mass is 9.98. The highest BCUT2D eigenvalue weighted by Gasteiger charge is 2.16. The van der Waals surface area contributed by atoms with Gasteiger partial charge in [0.25, 0.3) is 0 Å². The van der Waals surface area contributed by atoms with Crippen LogP contribution >= 0.6 is 12.4 Å². The topological polar surface area (TPSA) is 12.0 Å². The third-order valence-electron chi connectivity index (χ3n) is 2.77. The Morgan fingerprint density at radius 1 is 1.31 bits per heavy atom. The van der Waals surface area contributed by atoms with Gasteiger partial charge < -0.3 is 5.32 Å². The van der Waals surface area contributed by atoms with Gasteiger partial charge in [0.2, 0.25) is 0 Å². The minimum Gasteiger partial charge on any atom is -0.303 e. The van der Waals surface area contributed by atoms with Gasteiger partial charge in [-0.25, -0.2) is 0 Å². The lowest BCUT2D eigenvalue weighted by Crippen LogP contribution is -2.33. The lowest BCUT2D eigenvalue weighted by molar-refractivity contribution is 0.463. The van der Waals surface area contributed by atoms with Crippen LogP contribution in [0.3, 0.4) is 0 Å². The number of nitrogens with one attached hydrogen (secondary N) is 1. The monoisotopic (exact) mass is 235 g/mol. The third kappa shape index (κ3) is 3.22. The van der Waals surface area contributed by atoms with Crippen molar-refractivity contribution in [2.45, 2.75) is 24.9 Å². The van der Waals surface area contributed by atoms with Crippen molar-refractivity contribution in [1.29, 1.82) is 0 Å². The maximum Gasteiger partial charge on any atom is 0.0508 e. The molecule has 0 aliphatic carbocycles. The fraction of sp³-hybridized carbons (Fsp3) is 0.286. The van der Waals surface area contributed by atoms with E-state index in [1.54, 1.807) is 0 Å². The molecule has 0 fully saturated rings. The average molecular weight is 236 g/mol. The molecular formula is C14H18ClN. The summed E-state index contributed by atoms with van der Waals surface area (Å²) in [4.78, 5) is 0. The zero-order valence-corrected chi connectivity index (χ0v) is 10.1. The number of rotatable bonds is 3. The average Bonchev–Trinajstić information content (AvgIpc) is 2.31. The van der Waals surface area contributed by atoms with Gasteiger partial charge in [-0.2, -0.15) is 0 Å². The van der Waals surface area contributed by atoms with Crippen LogP contribution in [0.1, 0.15) is 24.4 Å². The molecule has 0 amide bonds. The molecule has 2 atom stereocenters. The molecule has 2 heteroatoms. The first-order valence-electron chi connectivity index (χ1n) is 5.48. The summed E-state index contributed by atoms with van der Waals surface area (Å²) < 4.78 is 0. The molecule has 2 unspecified atom stereocenters. The standard InChI is InChI=1S/C14H17N.ClH/c1-2-7-13-10-6-11-14(15-13)12-8-4-3-5-9-12;/h2-6,8-9,11,13-15H,1,7,10H2;1H. The fourth-order valence-corrected chi connectivity index (χ4v) is 1.99. The minimum atomic E-state index is 0. The zero-order chi connectivity index (χ0) is 10.5. The first kappa shape index (κ1) is 13.0. The summed E-state index contributed by atoms with van der Waals surface area (Å²) in [6.45, 7) is 3.79. The van der Waals surface area contributed by atoms with Crippen molar-refractivity contribution in [3.63, 3.8) is 0 Å². The van der Waals surface area contributed by atoms with Gasteiger partial charge in [0.1, 0.15) is 0 Å². The highest BCUT2D eigenvalue weighted by molar-refractivity contribution is 5.85. The second kappa shape index (κ2) is 6.51. The van der Waals surface area contributed by atoms with Crippen LogP contribution in [0.4, 0.5) is 0 Å². The third-order valence-corrected chi connectivity index (χ3v) is 2.77. The fourth-order valence-electron chi connectivity index (χ4n) is 1.99. The van der Waals surface area contributed by atoms with Crippen LogP contribution in [-0.2, 0) is 0 Å². The first-order valence-corrected chi connectivity index (χ1v) is 5.48. The molecule has 1 aliphatic heterocycles. The second-order valence-electron chi connectivity index (χ2n) is 3.94. The van der Waals surface area contributed by atoms with Crippen LogP contribution < -0.4 is 5.32 Å². The Balaban J connectivity index is 0.00000128. The Morgan fingerprint density at radius 2 is 2.06 bits per heavy atom. The molecule has 1 N–H and O–H groups in total.